The van der Waals surface area contributed by atoms with Crippen LogP contribution in [0.25, 0.3) is 0 Å². The van der Waals surface area contributed by atoms with Gasteiger partial charge in [0.15, 0.2) is 0 Å². The number of carbonyl (C=O) groups excluding carboxylic acids is 1. The second-order valence-electron chi connectivity index (χ2n) is 4.69. The van der Waals surface area contributed by atoms with Gasteiger partial charge in [0.25, 0.3) is 5.91 Å². The van der Waals surface area contributed by atoms with Gasteiger partial charge >= 0.3 is 0 Å². The number of para-hydroxylation sites is 1. The Hall–Kier alpha value is -2.12. The molecule has 0 atom stereocenters. The number of nitrogens with one attached hydrogen (secondary N) is 1. The number of ether oxygens (including phenoxy) is 1. The Balaban J connectivity index is 2.12. The zero-order valence-corrected chi connectivity index (χ0v) is 15.8. The fourth-order valence-corrected chi connectivity index (χ4v) is 3.09. The van der Waals surface area contributed by atoms with E-state index in [1.54, 1.807) is 18.2 Å². The van der Waals surface area contributed by atoms with Gasteiger partial charge in [-0.3, -0.25) is 4.79 Å². The van der Waals surface area contributed by atoms with Crippen molar-refractivity contribution < 1.29 is 9.53 Å². The van der Waals surface area contributed by atoms with Gasteiger partial charge in [-0.25, -0.2) is 5.43 Å². The second kappa shape index (κ2) is 8.65. The van der Waals surface area contributed by atoms with E-state index in [0.29, 0.717) is 28.1 Å². The minimum atomic E-state index is -0.407. The molecule has 5 nitrogen and oxygen atoms in total. The molecule has 0 aliphatic rings. The van der Waals surface area contributed by atoms with Crippen LogP contribution >= 0.6 is 31.9 Å². The molecule has 124 valence electrons. The van der Waals surface area contributed by atoms with Crippen LogP contribution in [0, 0.1) is 0 Å². The number of nitrogens with two attached hydrogens (primary N) is 1. The maximum atomic E-state index is 12.2. The van der Waals surface area contributed by atoms with Crippen LogP contribution in [0.5, 0.6) is 5.75 Å². The van der Waals surface area contributed by atoms with E-state index in [-0.39, 0.29) is 0 Å². The molecule has 0 heterocycles. The second-order valence-corrected chi connectivity index (χ2v) is 6.46. The number of amides is 1. The van der Waals surface area contributed by atoms with Gasteiger partial charge in [0.2, 0.25) is 0 Å². The highest BCUT2D eigenvalue weighted by molar-refractivity contribution is 9.11. The van der Waals surface area contributed by atoms with Crippen molar-refractivity contribution in [3.05, 3.63) is 69.1 Å². The van der Waals surface area contributed by atoms with E-state index < -0.39 is 5.91 Å². The Bertz CT molecular complexity index is 791. The predicted octanol–water partition coefficient (Wildman–Crippen LogP) is 4.12. The highest BCUT2D eigenvalue weighted by Crippen LogP contribution is 2.28. The average molecular weight is 453 g/mol. The van der Waals surface area contributed by atoms with E-state index in [4.69, 9.17) is 10.5 Å². The van der Waals surface area contributed by atoms with Crippen molar-refractivity contribution in [1.82, 2.24) is 5.43 Å². The highest BCUT2D eigenvalue weighted by atomic mass is 79.9. The summed E-state index contributed by atoms with van der Waals surface area (Å²) in [6.07, 6.45) is 3.17. The monoisotopic (exact) mass is 451 g/mol. The molecule has 0 bridgehead atoms. The molecule has 0 radical (unpaired) electrons. The summed E-state index contributed by atoms with van der Waals surface area (Å²) in [7, 11) is 0. The number of anilines is 1. The largest absolute Gasteiger partial charge is 0.489 e. The molecule has 0 saturated carbocycles. The van der Waals surface area contributed by atoms with Gasteiger partial charge in [-0.05, 0) is 40.2 Å². The van der Waals surface area contributed by atoms with Gasteiger partial charge in [0.1, 0.15) is 12.4 Å². The highest BCUT2D eigenvalue weighted by Gasteiger charge is 2.12. The maximum absolute atomic E-state index is 12.2. The summed E-state index contributed by atoms with van der Waals surface area (Å²) >= 11 is 6.63. The normalized spacial score (nSPS) is 10.6. The maximum Gasteiger partial charge on any atom is 0.273 e. The first kappa shape index (κ1) is 18.2. The molecule has 0 unspecified atom stereocenters. The van der Waals surface area contributed by atoms with Crippen molar-refractivity contribution in [3.8, 4) is 5.75 Å². The van der Waals surface area contributed by atoms with Gasteiger partial charge in [-0.2, -0.15) is 5.10 Å². The number of hydrogen-bond acceptors (Lipinski definition) is 4. The quantitative estimate of drug-likeness (QED) is 0.299. The van der Waals surface area contributed by atoms with Crippen LogP contribution in [-0.2, 0) is 0 Å². The van der Waals surface area contributed by atoms with Gasteiger partial charge < -0.3 is 10.5 Å². The Labute approximate surface area is 156 Å². The van der Waals surface area contributed by atoms with Crippen LogP contribution in [0.3, 0.4) is 0 Å². The number of halogens is 2. The van der Waals surface area contributed by atoms with Crippen molar-refractivity contribution in [3.63, 3.8) is 0 Å². The Morgan fingerprint density at radius 1 is 1.33 bits per heavy atom. The summed E-state index contributed by atoms with van der Waals surface area (Å²) in [5, 5.41) is 3.97. The molecule has 1 amide bonds. The first-order valence-corrected chi connectivity index (χ1v) is 8.52. The Morgan fingerprint density at radius 2 is 2.08 bits per heavy atom. The zero-order valence-electron chi connectivity index (χ0n) is 12.6. The fourth-order valence-electron chi connectivity index (χ4n) is 1.86. The first-order valence-electron chi connectivity index (χ1n) is 6.93. The van der Waals surface area contributed by atoms with Gasteiger partial charge in [0, 0.05) is 14.5 Å². The number of nitrogen functional groups attached to an aromatic ring is 1. The molecular formula is C17H15Br2N3O2. The Morgan fingerprint density at radius 3 is 2.83 bits per heavy atom. The molecule has 2 aromatic carbocycles. The number of hydrazone groups is 1. The van der Waals surface area contributed by atoms with Crippen LogP contribution in [0.1, 0.15) is 15.9 Å². The fraction of sp³-hybridized carbons (Fsp3) is 0.0588. The molecule has 0 aliphatic heterocycles. The standard InChI is InChI=1S/C17H15Br2N3O2/c1-2-7-24-15-6-4-3-5-11(15)10-21-22-17(23)13-8-12(18)9-14(19)16(13)20/h2-6,8-10H,1,7,20H2,(H,22,23)/b21-10-. The van der Waals surface area contributed by atoms with E-state index in [0.717, 1.165) is 10.0 Å². The zero-order chi connectivity index (χ0) is 17.5. The summed E-state index contributed by atoms with van der Waals surface area (Å²) in [4.78, 5) is 12.2. The summed E-state index contributed by atoms with van der Waals surface area (Å²) < 4.78 is 6.90. The third kappa shape index (κ3) is 4.69. The first-order chi connectivity index (χ1) is 11.5. The van der Waals surface area contributed by atoms with Gasteiger partial charge in [-0.15, -0.1) is 0 Å². The van der Waals surface area contributed by atoms with E-state index in [2.05, 4.69) is 49.0 Å². The summed E-state index contributed by atoms with van der Waals surface area (Å²) in [5.74, 6) is 0.246. The van der Waals surface area contributed by atoms with Crippen LogP contribution in [0.4, 0.5) is 5.69 Å². The van der Waals surface area contributed by atoms with Crippen LogP contribution < -0.4 is 15.9 Å². The van der Waals surface area contributed by atoms with Gasteiger partial charge in [-0.1, -0.05) is 40.7 Å². The minimum absolute atomic E-state index is 0.324. The molecule has 2 rings (SSSR count). The third-order valence-corrected chi connectivity index (χ3v) is 4.10. The molecule has 0 aliphatic carbocycles. The summed E-state index contributed by atoms with van der Waals surface area (Å²) in [6.45, 7) is 4.00. The smallest absolute Gasteiger partial charge is 0.273 e. The van der Waals surface area contributed by atoms with Crippen molar-refractivity contribution >= 4 is 49.7 Å². The molecule has 0 saturated heterocycles. The van der Waals surface area contributed by atoms with Crippen LogP contribution in [0.2, 0.25) is 0 Å². The number of rotatable bonds is 6. The van der Waals surface area contributed by atoms with E-state index >= 15 is 0 Å². The predicted molar refractivity (Wildman–Crippen MR) is 103 cm³/mol. The lowest BCUT2D eigenvalue weighted by molar-refractivity contribution is 0.0956. The van der Waals surface area contributed by atoms with Crippen LogP contribution in [0.15, 0.2) is 63.1 Å². The third-order valence-electron chi connectivity index (χ3n) is 2.98. The molecule has 3 N–H and O–H groups in total. The lowest BCUT2D eigenvalue weighted by Crippen LogP contribution is -2.19. The van der Waals surface area contributed by atoms with Crippen molar-refractivity contribution in [2.24, 2.45) is 5.10 Å². The van der Waals surface area contributed by atoms with Crippen molar-refractivity contribution in [1.29, 1.82) is 0 Å². The number of carbonyl (C=O) groups is 1. The molecule has 7 heteroatoms. The summed E-state index contributed by atoms with van der Waals surface area (Å²) in [5.41, 5.74) is 9.77. The Kier molecular flexibility index (Phi) is 6.57. The van der Waals surface area contributed by atoms with Crippen molar-refractivity contribution in [2.45, 2.75) is 0 Å². The minimum Gasteiger partial charge on any atom is -0.489 e. The molecule has 2 aromatic rings. The van der Waals surface area contributed by atoms with E-state index in [1.165, 1.54) is 6.21 Å². The average Bonchev–Trinajstić information content (AvgIpc) is 2.57. The van der Waals surface area contributed by atoms with E-state index in [1.807, 2.05) is 24.3 Å². The van der Waals surface area contributed by atoms with Gasteiger partial charge in [0.05, 0.1) is 17.5 Å². The topological polar surface area (TPSA) is 76.7 Å². The molecule has 0 spiro atoms. The number of nitrogens with zero attached hydrogens (tertiary/aromatic N) is 1. The van der Waals surface area contributed by atoms with Crippen LogP contribution in [-0.4, -0.2) is 18.7 Å². The molecule has 0 fully saturated rings. The number of benzene rings is 2. The summed E-state index contributed by atoms with van der Waals surface area (Å²) in [6, 6.07) is 10.8. The lowest BCUT2D eigenvalue weighted by atomic mass is 10.2. The molecule has 0 aromatic heterocycles. The molecular weight excluding hydrogens is 438 g/mol. The number of hydrogen-bond donors (Lipinski definition) is 2. The lowest BCUT2D eigenvalue weighted by Gasteiger charge is -2.08. The SMILES string of the molecule is C=CCOc1ccccc1/C=N\NC(=O)c1cc(Br)cc(Br)c1N. The van der Waals surface area contributed by atoms with E-state index in [9.17, 15) is 4.79 Å². The molecule has 24 heavy (non-hydrogen) atoms. The van der Waals surface area contributed by atoms with Crippen molar-refractivity contribution in [2.75, 3.05) is 12.3 Å².